The van der Waals surface area contributed by atoms with Gasteiger partial charge in [0.05, 0.1) is 30.9 Å². The van der Waals surface area contributed by atoms with Gasteiger partial charge in [0.15, 0.2) is 12.9 Å². The minimum atomic E-state index is -0.311. The van der Waals surface area contributed by atoms with Crippen molar-refractivity contribution in [1.29, 1.82) is 5.26 Å². The molecule has 1 unspecified atom stereocenters. The third-order valence-electron chi connectivity index (χ3n) is 4.18. The van der Waals surface area contributed by atoms with E-state index < -0.39 is 0 Å². The zero-order valence-electron chi connectivity index (χ0n) is 12.9. The number of carbonyl (C=O) groups excluding carboxylic acids is 1. The summed E-state index contributed by atoms with van der Waals surface area (Å²) in [5, 5.41) is 8.77. The number of piperidine rings is 1. The van der Waals surface area contributed by atoms with E-state index in [0.717, 1.165) is 19.3 Å². The van der Waals surface area contributed by atoms with Crippen LogP contribution >= 0.6 is 0 Å². The Balaban J connectivity index is 1.58. The Kier molecular flexibility index (Phi) is 5.11. The highest BCUT2D eigenvalue weighted by Crippen LogP contribution is 2.24. The fourth-order valence-corrected chi connectivity index (χ4v) is 3.00. The van der Waals surface area contributed by atoms with Gasteiger partial charge in [-0.2, -0.15) is 5.26 Å². The van der Waals surface area contributed by atoms with Crippen molar-refractivity contribution in [2.24, 2.45) is 0 Å². The average Bonchev–Trinajstić information content (AvgIpc) is 3.14. The van der Waals surface area contributed by atoms with Crippen LogP contribution in [0.15, 0.2) is 24.3 Å². The number of rotatable bonds is 4. The molecule has 0 radical (unpaired) electrons. The second-order valence-corrected chi connectivity index (χ2v) is 5.69. The van der Waals surface area contributed by atoms with E-state index in [0.29, 0.717) is 31.1 Å². The molecular weight excluding hydrogens is 296 g/mol. The molecule has 3 rings (SSSR count). The second kappa shape index (κ2) is 7.44. The maximum absolute atomic E-state index is 12.5. The Labute approximate surface area is 135 Å². The van der Waals surface area contributed by atoms with Crippen molar-refractivity contribution < 1.29 is 19.0 Å². The third kappa shape index (κ3) is 3.81. The van der Waals surface area contributed by atoms with Crippen LogP contribution in [0.5, 0.6) is 5.75 Å². The van der Waals surface area contributed by atoms with Crippen LogP contribution in [0.25, 0.3) is 0 Å². The van der Waals surface area contributed by atoms with Crippen molar-refractivity contribution in [3.8, 4) is 11.8 Å². The SMILES string of the molecule is N#Cc1ccc(OCC(=O)N2CCCCC2C2OCCO2)cc1. The zero-order chi connectivity index (χ0) is 16.1. The van der Waals surface area contributed by atoms with Gasteiger partial charge in [-0.05, 0) is 43.5 Å². The largest absolute Gasteiger partial charge is 0.484 e. The Hall–Kier alpha value is -2.10. The normalized spacial score (nSPS) is 21.9. The molecular formula is C17H20N2O4. The molecule has 2 aliphatic rings. The summed E-state index contributed by atoms with van der Waals surface area (Å²) in [6, 6.07) is 8.76. The first-order valence-electron chi connectivity index (χ1n) is 7.93. The van der Waals surface area contributed by atoms with E-state index in [1.807, 2.05) is 11.0 Å². The summed E-state index contributed by atoms with van der Waals surface area (Å²) in [7, 11) is 0. The maximum Gasteiger partial charge on any atom is 0.260 e. The van der Waals surface area contributed by atoms with Crippen LogP contribution in [0.1, 0.15) is 24.8 Å². The molecule has 2 saturated heterocycles. The molecule has 2 fully saturated rings. The van der Waals surface area contributed by atoms with Gasteiger partial charge in [-0.1, -0.05) is 0 Å². The van der Waals surface area contributed by atoms with E-state index in [1.54, 1.807) is 24.3 Å². The predicted molar refractivity (Wildman–Crippen MR) is 81.7 cm³/mol. The van der Waals surface area contributed by atoms with Gasteiger partial charge < -0.3 is 19.1 Å². The van der Waals surface area contributed by atoms with Gasteiger partial charge in [0.25, 0.3) is 5.91 Å². The number of likely N-dealkylation sites (tertiary alicyclic amines) is 1. The summed E-state index contributed by atoms with van der Waals surface area (Å²) in [6.07, 6.45) is 2.65. The number of hydrogen-bond acceptors (Lipinski definition) is 5. The second-order valence-electron chi connectivity index (χ2n) is 5.69. The summed E-state index contributed by atoms with van der Waals surface area (Å²) in [6.45, 7) is 1.87. The van der Waals surface area contributed by atoms with E-state index in [1.165, 1.54) is 0 Å². The quantitative estimate of drug-likeness (QED) is 0.845. The van der Waals surface area contributed by atoms with Crippen molar-refractivity contribution in [2.45, 2.75) is 31.6 Å². The Morgan fingerprint density at radius 2 is 2.00 bits per heavy atom. The fraction of sp³-hybridized carbons (Fsp3) is 0.529. The van der Waals surface area contributed by atoms with Gasteiger partial charge in [0.2, 0.25) is 0 Å². The summed E-state index contributed by atoms with van der Waals surface area (Å²) < 4.78 is 16.7. The molecule has 0 N–H and O–H groups in total. The van der Waals surface area contributed by atoms with Crippen molar-refractivity contribution in [1.82, 2.24) is 4.90 Å². The lowest BCUT2D eigenvalue weighted by Gasteiger charge is -2.37. The molecule has 0 saturated carbocycles. The predicted octanol–water partition coefficient (Wildman–Crippen LogP) is 1.69. The summed E-state index contributed by atoms with van der Waals surface area (Å²) in [4.78, 5) is 14.3. The number of carbonyl (C=O) groups is 1. The first-order chi connectivity index (χ1) is 11.3. The lowest BCUT2D eigenvalue weighted by Crippen LogP contribution is -2.51. The van der Waals surface area contributed by atoms with Crippen LogP contribution in [0.2, 0.25) is 0 Å². The minimum absolute atomic E-state index is 0.0187. The minimum Gasteiger partial charge on any atom is -0.484 e. The number of nitrogens with zero attached hydrogens (tertiary/aromatic N) is 2. The molecule has 6 heteroatoms. The smallest absolute Gasteiger partial charge is 0.260 e. The Morgan fingerprint density at radius 3 is 2.70 bits per heavy atom. The van der Waals surface area contributed by atoms with Crippen molar-refractivity contribution >= 4 is 5.91 Å². The first kappa shape index (κ1) is 15.8. The number of ether oxygens (including phenoxy) is 3. The molecule has 6 nitrogen and oxygen atoms in total. The topological polar surface area (TPSA) is 71.8 Å². The third-order valence-corrected chi connectivity index (χ3v) is 4.18. The van der Waals surface area contributed by atoms with Gasteiger partial charge in [-0.15, -0.1) is 0 Å². The zero-order valence-corrected chi connectivity index (χ0v) is 12.9. The lowest BCUT2D eigenvalue weighted by molar-refractivity contribution is -0.152. The van der Waals surface area contributed by atoms with Crippen molar-refractivity contribution in [2.75, 3.05) is 26.4 Å². The molecule has 122 valence electrons. The molecule has 2 heterocycles. The molecule has 0 aromatic heterocycles. The molecule has 0 bridgehead atoms. The van der Waals surface area contributed by atoms with E-state index in [9.17, 15) is 4.79 Å². The van der Waals surface area contributed by atoms with Gasteiger partial charge >= 0.3 is 0 Å². The van der Waals surface area contributed by atoms with Gasteiger partial charge in [0.1, 0.15) is 5.75 Å². The van der Waals surface area contributed by atoms with Crippen LogP contribution in [0, 0.1) is 11.3 Å². The van der Waals surface area contributed by atoms with Gasteiger partial charge in [-0.3, -0.25) is 4.79 Å². The Bertz CT molecular complexity index is 575. The van der Waals surface area contributed by atoms with Crippen LogP contribution in [-0.4, -0.2) is 49.5 Å². The molecule has 1 aromatic rings. The van der Waals surface area contributed by atoms with Crippen molar-refractivity contribution in [3.63, 3.8) is 0 Å². The molecule has 1 aromatic carbocycles. The van der Waals surface area contributed by atoms with E-state index in [-0.39, 0.29) is 24.8 Å². The van der Waals surface area contributed by atoms with Crippen LogP contribution in [0.3, 0.4) is 0 Å². The highest BCUT2D eigenvalue weighted by molar-refractivity contribution is 5.78. The monoisotopic (exact) mass is 316 g/mol. The molecule has 23 heavy (non-hydrogen) atoms. The number of nitriles is 1. The van der Waals surface area contributed by atoms with Gasteiger partial charge in [-0.25, -0.2) is 0 Å². The van der Waals surface area contributed by atoms with Crippen molar-refractivity contribution in [3.05, 3.63) is 29.8 Å². The standard InChI is InChI=1S/C17H20N2O4/c18-11-13-4-6-14(7-5-13)23-12-16(20)19-8-2-1-3-15(19)17-21-9-10-22-17/h4-7,15,17H,1-3,8-10,12H2. The van der Waals surface area contributed by atoms with Crippen LogP contribution < -0.4 is 4.74 Å². The average molecular weight is 316 g/mol. The van der Waals surface area contributed by atoms with E-state index >= 15 is 0 Å². The molecule has 0 spiro atoms. The number of benzene rings is 1. The molecule has 0 aliphatic carbocycles. The Morgan fingerprint density at radius 1 is 1.26 bits per heavy atom. The van der Waals surface area contributed by atoms with Crippen LogP contribution in [0.4, 0.5) is 0 Å². The maximum atomic E-state index is 12.5. The number of hydrogen-bond donors (Lipinski definition) is 0. The highest BCUT2D eigenvalue weighted by atomic mass is 16.7. The summed E-state index contributed by atoms with van der Waals surface area (Å²) in [5.41, 5.74) is 0.565. The highest BCUT2D eigenvalue weighted by Gasteiger charge is 2.36. The fourth-order valence-electron chi connectivity index (χ4n) is 3.00. The summed E-state index contributed by atoms with van der Waals surface area (Å²) >= 11 is 0. The molecule has 1 amide bonds. The van der Waals surface area contributed by atoms with E-state index in [4.69, 9.17) is 19.5 Å². The number of amides is 1. The lowest BCUT2D eigenvalue weighted by atomic mass is 10.0. The van der Waals surface area contributed by atoms with Crippen LogP contribution in [-0.2, 0) is 14.3 Å². The first-order valence-corrected chi connectivity index (χ1v) is 7.93. The van der Waals surface area contributed by atoms with E-state index in [2.05, 4.69) is 0 Å². The molecule has 1 atom stereocenters. The van der Waals surface area contributed by atoms with Gasteiger partial charge in [0, 0.05) is 6.54 Å². The summed E-state index contributed by atoms with van der Waals surface area (Å²) in [5.74, 6) is 0.525. The molecule has 2 aliphatic heterocycles.